The molecule has 0 radical (unpaired) electrons. The molecule has 0 unspecified atom stereocenters. The van der Waals surface area contributed by atoms with Gasteiger partial charge in [0.05, 0.1) is 5.60 Å². The van der Waals surface area contributed by atoms with Crippen LogP contribution in [0.15, 0.2) is 18.2 Å². The quantitative estimate of drug-likeness (QED) is 0.697. The molecule has 0 aromatic heterocycles. The van der Waals surface area contributed by atoms with Gasteiger partial charge in [-0.1, -0.05) is 23.8 Å². The number of hydrogen-bond donors (Lipinski definition) is 1. The normalized spacial score (nSPS) is 19.6. The molecule has 2 rings (SSSR count). The minimum atomic E-state index is -0.504. The maximum Gasteiger partial charge on any atom is 0.0899 e. The fraction of sp³-hybridized carbons (Fsp3) is 0.500. The molecule has 1 heteroatoms. The third-order valence-electron chi connectivity index (χ3n) is 3.08. The van der Waals surface area contributed by atoms with E-state index in [2.05, 4.69) is 32.0 Å². The van der Waals surface area contributed by atoms with Crippen LogP contribution < -0.4 is 0 Å². The molecule has 1 aliphatic carbocycles. The second-order valence-electron chi connectivity index (χ2n) is 4.20. The summed E-state index contributed by atoms with van der Waals surface area (Å²) in [6, 6.07) is 6.32. The molecule has 0 spiro atoms. The van der Waals surface area contributed by atoms with Crippen LogP contribution in [0, 0.1) is 13.8 Å². The third kappa shape index (κ3) is 1.37. The fourth-order valence-electron chi connectivity index (χ4n) is 2.02. The average molecular weight is 176 g/mol. The Labute approximate surface area is 79.4 Å². The van der Waals surface area contributed by atoms with Gasteiger partial charge in [-0.05, 0) is 44.2 Å². The summed E-state index contributed by atoms with van der Waals surface area (Å²) in [5, 5.41) is 10.2. The Morgan fingerprint density at radius 2 is 1.92 bits per heavy atom. The Morgan fingerprint density at radius 1 is 1.23 bits per heavy atom. The summed E-state index contributed by atoms with van der Waals surface area (Å²) in [5.74, 6) is 0. The van der Waals surface area contributed by atoms with Crippen molar-refractivity contribution in [2.45, 2.75) is 38.7 Å². The standard InChI is InChI=1S/C12H16O/c1-9-4-5-10(2)11(8-9)12(13)6-3-7-12/h4-5,8,13H,3,6-7H2,1-2H3. The van der Waals surface area contributed by atoms with Crippen molar-refractivity contribution in [1.29, 1.82) is 0 Å². The molecule has 1 fully saturated rings. The lowest BCUT2D eigenvalue weighted by molar-refractivity contribution is -0.0393. The van der Waals surface area contributed by atoms with E-state index in [1.807, 2.05) is 0 Å². The summed E-state index contributed by atoms with van der Waals surface area (Å²) in [5.41, 5.74) is 3.09. The number of benzene rings is 1. The summed E-state index contributed by atoms with van der Waals surface area (Å²) in [6.45, 7) is 4.15. The molecule has 0 saturated heterocycles. The van der Waals surface area contributed by atoms with Crippen LogP contribution in [0.1, 0.15) is 36.0 Å². The summed E-state index contributed by atoms with van der Waals surface area (Å²) >= 11 is 0. The zero-order valence-electron chi connectivity index (χ0n) is 8.30. The molecule has 70 valence electrons. The molecule has 0 aliphatic heterocycles. The highest BCUT2D eigenvalue weighted by molar-refractivity contribution is 5.36. The van der Waals surface area contributed by atoms with Crippen LogP contribution in [0.5, 0.6) is 0 Å². The van der Waals surface area contributed by atoms with E-state index in [9.17, 15) is 5.11 Å². The Morgan fingerprint density at radius 3 is 2.46 bits per heavy atom. The van der Waals surface area contributed by atoms with Crippen molar-refractivity contribution in [2.75, 3.05) is 0 Å². The number of hydrogen-bond acceptors (Lipinski definition) is 1. The van der Waals surface area contributed by atoms with Crippen LogP contribution in [0.3, 0.4) is 0 Å². The Bertz CT molecular complexity index is 324. The van der Waals surface area contributed by atoms with Gasteiger partial charge in [-0.25, -0.2) is 0 Å². The van der Waals surface area contributed by atoms with Gasteiger partial charge >= 0.3 is 0 Å². The van der Waals surface area contributed by atoms with E-state index in [-0.39, 0.29) is 0 Å². The minimum Gasteiger partial charge on any atom is -0.385 e. The molecular formula is C12H16O. The van der Waals surface area contributed by atoms with E-state index in [4.69, 9.17) is 0 Å². The van der Waals surface area contributed by atoms with Gasteiger partial charge in [0.25, 0.3) is 0 Å². The van der Waals surface area contributed by atoms with Crippen molar-refractivity contribution in [3.05, 3.63) is 34.9 Å². The topological polar surface area (TPSA) is 20.2 Å². The first-order chi connectivity index (χ1) is 6.12. The lowest BCUT2D eigenvalue weighted by Crippen LogP contribution is -2.34. The highest BCUT2D eigenvalue weighted by Crippen LogP contribution is 2.42. The molecule has 1 aromatic carbocycles. The van der Waals surface area contributed by atoms with Gasteiger partial charge in [-0.3, -0.25) is 0 Å². The van der Waals surface area contributed by atoms with Crippen molar-refractivity contribution in [3.63, 3.8) is 0 Å². The smallest absolute Gasteiger partial charge is 0.0899 e. The van der Waals surface area contributed by atoms with Crippen LogP contribution in [0.2, 0.25) is 0 Å². The largest absolute Gasteiger partial charge is 0.385 e. The molecule has 1 nitrogen and oxygen atoms in total. The van der Waals surface area contributed by atoms with Gasteiger partial charge in [0.2, 0.25) is 0 Å². The van der Waals surface area contributed by atoms with Gasteiger partial charge in [-0.2, -0.15) is 0 Å². The van der Waals surface area contributed by atoms with Crippen LogP contribution in [-0.2, 0) is 5.60 Å². The summed E-state index contributed by atoms with van der Waals surface area (Å²) < 4.78 is 0. The molecule has 0 bridgehead atoms. The molecule has 0 amide bonds. The van der Waals surface area contributed by atoms with Crippen molar-refractivity contribution >= 4 is 0 Å². The molecular weight excluding hydrogens is 160 g/mol. The maximum absolute atomic E-state index is 10.2. The SMILES string of the molecule is Cc1ccc(C)c(C2(O)CCC2)c1. The van der Waals surface area contributed by atoms with Crippen molar-refractivity contribution < 1.29 is 5.11 Å². The second kappa shape index (κ2) is 2.85. The summed E-state index contributed by atoms with van der Waals surface area (Å²) in [4.78, 5) is 0. The first-order valence-corrected chi connectivity index (χ1v) is 4.92. The molecule has 1 saturated carbocycles. The number of aryl methyl sites for hydroxylation is 2. The molecule has 0 heterocycles. The van der Waals surface area contributed by atoms with Gasteiger partial charge in [0.15, 0.2) is 0 Å². The molecule has 1 aliphatic rings. The summed E-state index contributed by atoms with van der Waals surface area (Å²) in [6.07, 6.45) is 3.01. The first-order valence-electron chi connectivity index (χ1n) is 4.92. The zero-order valence-corrected chi connectivity index (χ0v) is 8.30. The van der Waals surface area contributed by atoms with E-state index >= 15 is 0 Å². The van der Waals surface area contributed by atoms with Gasteiger partial charge in [0, 0.05) is 0 Å². The van der Waals surface area contributed by atoms with Crippen LogP contribution >= 0.6 is 0 Å². The van der Waals surface area contributed by atoms with Gasteiger partial charge < -0.3 is 5.11 Å². The van der Waals surface area contributed by atoms with Crippen molar-refractivity contribution in [2.24, 2.45) is 0 Å². The van der Waals surface area contributed by atoms with Gasteiger partial charge in [-0.15, -0.1) is 0 Å². The Balaban J connectivity index is 2.43. The van der Waals surface area contributed by atoms with Crippen LogP contribution in [0.4, 0.5) is 0 Å². The third-order valence-corrected chi connectivity index (χ3v) is 3.08. The zero-order chi connectivity index (χ0) is 9.47. The minimum absolute atomic E-state index is 0.504. The molecule has 1 N–H and O–H groups in total. The molecule has 0 atom stereocenters. The van der Waals surface area contributed by atoms with Crippen LogP contribution in [0.25, 0.3) is 0 Å². The lowest BCUT2D eigenvalue weighted by Gasteiger charge is -2.38. The van der Waals surface area contributed by atoms with Crippen LogP contribution in [-0.4, -0.2) is 5.11 Å². The predicted octanol–water partition coefficient (Wildman–Crippen LogP) is 2.67. The second-order valence-corrected chi connectivity index (χ2v) is 4.20. The van der Waals surface area contributed by atoms with Crippen molar-refractivity contribution in [3.8, 4) is 0 Å². The monoisotopic (exact) mass is 176 g/mol. The highest BCUT2D eigenvalue weighted by atomic mass is 16.3. The average Bonchev–Trinajstić information content (AvgIpc) is 2.05. The fourth-order valence-corrected chi connectivity index (χ4v) is 2.02. The van der Waals surface area contributed by atoms with E-state index in [0.717, 1.165) is 24.8 Å². The van der Waals surface area contributed by atoms with Crippen molar-refractivity contribution in [1.82, 2.24) is 0 Å². The van der Waals surface area contributed by atoms with E-state index in [1.54, 1.807) is 0 Å². The van der Waals surface area contributed by atoms with E-state index < -0.39 is 5.60 Å². The highest BCUT2D eigenvalue weighted by Gasteiger charge is 2.37. The molecule has 1 aromatic rings. The maximum atomic E-state index is 10.2. The number of rotatable bonds is 1. The summed E-state index contributed by atoms with van der Waals surface area (Å²) in [7, 11) is 0. The van der Waals surface area contributed by atoms with E-state index in [1.165, 1.54) is 11.1 Å². The lowest BCUT2D eigenvalue weighted by atomic mass is 9.73. The number of aliphatic hydroxyl groups is 1. The first kappa shape index (κ1) is 8.76. The molecule has 13 heavy (non-hydrogen) atoms. The Hall–Kier alpha value is -0.820. The predicted molar refractivity (Wildman–Crippen MR) is 53.7 cm³/mol. The van der Waals surface area contributed by atoms with Gasteiger partial charge in [0.1, 0.15) is 0 Å². The Kier molecular flexibility index (Phi) is 1.92. The van der Waals surface area contributed by atoms with E-state index in [0.29, 0.717) is 0 Å².